The van der Waals surface area contributed by atoms with Crippen LogP contribution < -0.4 is 0 Å². The molecule has 0 bridgehead atoms. The standard InChI is InChI=1S/C20H25F2N3O4/c1-20(2,3)29-19(27)25(4)7-6-13-23-16-14(21)11-8-10(18(26)28-5)9-12(11)15(22)17(16)24-13/h10H,6-9H2,1-5H3,(H,23,24). The largest absolute Gasteiger partial charge is 0.469 e. The fourth-order valence-corrected chi connectivity index (χ4v) is 3.45. The number of nitrogens with one attached hydrogen (secondary N) is 1. The molecule has 0 radical (unpaired) electrons. The highest BCUT2D eigenvalue weighted by Gasteiger charge is 2.35. The molecule has 7 nitrogen and oxygen atoms in total. The normalized spacial score (nSPS) is 14.2. The van der Waals surface area contributed by atoms with Gasteiger partial charge in [-0.3, -0.25) is 4.79 Å². The Hall–Kier alpha value is -2.71. The van der Waals surface area contributed by atoms with E-state index < -0.39 is 35.2 Å². The van der Waals surface area contributed by atoms with E-state index in [1.54, 1.807) is 27.8 Å². The molecule has 1 heterocycles. The summed E-state index contributed by atoms with van der Waals surface area (Å²) in [6.07, 6.45) is -0.0294. The molecule has 0 saturated heterocycles. The van der Waals surface area contributed by atoms with Crippen LogP contribution in [0.25, 0.3) is 11.0 Å². The zero-order valence-corrected chi connectivity index (χ0v) is 17.2. The molecule has 3 rings (SSSR count). The second kappa shape index (κ2) is 7.61. The van der Waals surface area contributed by atoms with E-state index in [1.807, 2.05) is 0 Å². The van der Waals surface area contributed by atoms with Gasteiger partial charge >= 0.3 is 12.1 Å². The Balaban J connectivity index is 1.79. The number of halogens is 2. The maximum absolute atomic E-state index is 14.9. The average Bonchev–Trinajstić information content (AvgIpc) is 3.27. The first kappa shape index (κ1) is 21.0. The highest BCUT2D eigenvalue weighted by Crippen LogP contribution is 2.36. The van der Waals surface area contributed by atoms with Gasteiger partial charge in [-0.15, -0.1) is 0 Å². The van der Waals surface area contributed by atoms with Gasteiger partial charge in [-0.2, -0.15) is 0 Å². The number of esters is 1. The third-order valence-electron chi connectivity index (χ3n) is 4.90. The number of aromatic nitrogens is 2. The van der Waals surface area contributed by atoms with E-state index in [2.05, 4.69) is 9.97 Å². The number of carbonyl (C=O) groups is 2. The maximum atomic E-state index is 14.9. The first-order valence-corrected chi connectivity index (χ1v) is 9.41. The number of ether oxygens (including phenoxy) is 2. The van der Waals surface area contributed by atoms with Crippen LogP contribution >= 0.6 is 0 Å². The summed E-state index contributed by atoms with van der Waals surface area (Å²) >= 11 is 0. The van der Waals surface area contributed by atoms with Crippen LogP contribution in [0.15, 0.2) is 0 Å². The zero-order chi connectivity index (χ0) is 21.5. The summed E-state index contributed by atoms with van der Waals surface area (Å²) in [5, 5.41) is 0. The van der Waals surface area contributed by atoms with Crippen LogP contribution in [0, 0.1) is 17.6 Å². The van der Waals surface area contributed by atoms with E-state index in [-0.39, 0.29) is 48.0 Å². The first-order valence-electron chi connectivity index (χ1n) is 9.41. The van der Waals surface area contributed by atoms with Gasteiger partial charge in [0.25, 0.3) is 0 Å². The Morgan fingerprint density at radius 2 is 1.83 bits per heavy atom. The van der Waals surface area contributed by atoms with E-state index in [9.17, 15) is 18.4 Å². The van der Waals surface area contributed by atoms with Gasteiger partial charge in [-0.1, -0.05) is 0 Å². The van der Waals surface area contributed by atoms with E-state index in [0.29, 0.717) is 5.82 Å². The highest BCUT2D eigenvalue weighted by molar-refractivity contribution is 5.81. The summed E-state index contributed by atoms with van der Waals surface area (Å²) in [5.41, 5.74) is -0.372. The van der Waals surface area contributed by atoms with E-state index in [1.165, 1.54) is 12.0 Å². The first-order chi connectivity index (χ1) is 13.5. The van der Waals surface area contributed by atoms with Gasteiger partial charge in [-0.05, 0) is 44.7 Å². The van der Waals surface area contributed by atoms with Crippen molar-refractivity contribution in [1.29, 1.82) is 0 Å². The van der Waals surface area contributed by atoms with Crippen LogP contribution in [-0.2, 0) is 33.5 Å². The third kappa shape index (κ3) is 4.18. The van der Waals surface area contributed by atoms with E-state index in [0.717, 1.165) is 0 Å². The van der Waals surface area contributed by atoms with Crippen LogP contribution in [0.3, 0.4) is 0 Å². The van der Waals surface area contributed by atoms with Gasteiger partial charge in [0.2, 0.25) is 0 Å². The summed E-state index contributed by atoms with van der Waals surface area (Å²) in [7, 11) is 2.84. The van der Waals surface area contributed by atoms with E-state index in [4.69, 9.17) is 9.47 Å². The predicted octanol–water partition coefficient (Wildman–Crippen LogP) is 3.14. The molecule has 0 saturated carbocycles. The molecule has 1 aliphatic carbocycles. The lowest BCUT2D eigenvalue weighted by molar-refractivity contribution is -0.145. The number of H-pyrrole nitrogens is 1. The van der Waals surface area contributed by atoms with Crippen molar-refractivity contribution in [3.05, 3.63) is 28.6 Å². The molecule has 0 fully saturated rings. The second-order valence-electron chi connectivity index (χ2n) is 8.27. The minimum absolute atomic E-state index is 0.0262. The molecule has 1 aromatic heterocycles. The second-order valence-corrected chi connectivity index (χ2v) is 8.27. The lowest BCUT2D eigenvalue weighted by Gasteiger charge is -2.24. The van der Waals surface area contributed by atoms with Crippen LogP contribution in [0.2, 0.25) is 0 Å². The number of nitrogens with zero attached hydrogens (tertiary/aromatic N) is 2. The van der Waals surface area contributed by atoms with Crippen LogP contribution in [-0.4, -0.2) is 53.2 Å². The molecule has 0 spiro atoms. The Morgan fingerprint density at radius 1 is 1.21 bits per heavy atom. The number of methoxy groups -OCH3 is 1. The average molecular weight is 409 g/mol. The SMILES string of the molecule is COC(=O)C1Cc2c(c(F)c3[nH]c(CCN(C)C(=O)OC(C)(C)C)nc3c2F)C1. The Bertz CT molecular complexity index is 916. The molecule has 1 aliphatic rings. The lowest BCUT2D eigenvalue weighted by atomic mass is 10.1. The molecule has 29 heavy (non-hydrogen) atoms. The number of hydrogen-bond acceptors (Lipinski definition) is 5. The minimum atomic E-state index is -0.620. The maximum Gasteiger partial charge on any atom is 0.410 e. The van der Waals surface area contributed by atoms with E-state index >= 15 is 0 Å². The molecule has 1 amide bonds. The van der Waals surface area contributed by atoms with Crippen molar-refractivity contribution in [1.82, 2.24) is 14.9 Å². The number of carbonyl (C=O) groups excluding carboxylic acids is 2. The molecule has 1 N–H and O–H groups in total. The monoisotopic (exact) mass is 409 g/mol. The van der Waals surface area contributed by atoms with Gasteiger partial charge in [0.15, 0.2) is 11.6 Å². The van der Waals surface area contributed by atoms with Gasteiger partial charge in [0, 0.05) is 20.0 Å². The quantitative estimate of drug-likeness (QED) is 0.785. The Labute approximate surface area is 167 Å². The molecule has 1 atom stereocenters. The molecule has 9 heteroatoms. The molecule has 2 aromatic rings. The number of imidazole rings is 1. The van der Waals surface area contributed by atoms with Crippen molar-refractivity contribution < 1.29 is 27.8 Å². The molecular weight excluding hydrogens is 384 g/mol. The van der Waals surface area contributed by atoms with Crippen molar-refractivity contribution in [2.24, 2.45) is 5.92 Å². The number of amides is 1. The number of fused-ring (bicyclic) bond motifs is 2. The van der Waals surface area contributed by atoms with Crippen molar-refractivity contribution in [3.8, 4) is 0 Å². The highest BCUT2D eigenvalue weighted by atomic mass is 19.1. The Morgan fingerprint density at radius 3 is 2.41 bits per heavy atom. The molecular formula is C20H25F2N3O4. The summed E-state index contributed by atoms with van der Waals surface area (Å²) in [4.78, 5) is 32.1. The summed E-state index contributed by atoms with van der Waals surface area (Å²) < 4.78 is 39.8. The lowest BCUT2D eigenvalue weighted by Crippen LogP contribution is -2.35. The fourth-order valence-electron chi connectivity index (χ4n) is 3.45. The van der Waals surface area contributed by atoms with Crippen LogP contribution in [0.5, 0.6) is 0 Å². The minimum Gasteiger partial charge on any atom is -0.469 e. The summed E-state index contributed by atoms with van der Waals surface area (Å²) in [6.45, 7) is 5.58. The summed E-state index contributed by atoms with van der Waals surface area (Å²) in [5.74, 6) is -1.93. The van der Waals surface area contributed by atoms with Gasteiger partial charge in [0.05, 0.1) is 13.0 Å². The number of benzene rings is 1. The smallest absolute Gasteiger partial charge is 0.410 e. The number of aromatic amines is 1. The Kier molecular flexibility index (Phi) is 5.51. The topological polar surface area (TPSA) is 84.5 Å². The number of rotatable bonds is 4. The molecule has 158 valence electrons. The molecule has 1 aromatic carbocycles. The van der Waals surface area contributed by atoms with Crippen molar-refractivity contribution in [3.63, 3.8) is 0 Å². The number of hydrogen-bond donors (Lipinski definition) is 1. The molecule has 0 aliphatic heterocycles. The van der Waals surface area contributed by atoms with Crippen molar-refractivity contribution in [2.75, 3.05) is 20.7 Å². The van der Waals surface area contributed by atoms with Gasteiger partial charge in [0.1, 0.15) is 22.5 Å². The van der Waals surface area contributed by atoms with Crippen LogP contribution in [0.4, 0.5) is 13.6 Å². The van der Waals surface area contributed by atoms with Gasteiger partial charge in [-0.25, -0.2) is 18.6 Å². The molecule has 1 unspecified atom stereocenters. The summed E-state index contributed by atoms with van der Waals surface area (Å²) in [6, 6.07) is 0. The van der Waals surface area contributed by atoms with Crippen molar-refractivity contribution in [2.45, 2.75) is 45.6 Å². The van der Waals surface area contributed by atoms with Gasteiger partial charge < -0.3 is 19.4 Å². The predicted molar refractivity (Wildman–Crippen MR) is 101 cm³/mol. The number of likely N-dealkylation sites (N-methyl/N-ethyl adjacent to an activating group) is 1. The fraction of sp³-hybridized carbons (Fsp3) is 0.550. The van der Waals surface area contributed by atoms with Crippen molar-refractivity contribution >= 4 is 23.1 Å². The zero-order valence-electron chi connectivity index (χ0n) is 17.2. The third-order valence-corrected chi connectivity index (χ3v) is 4.90. The van der Waals surface area contributed by atoms with Crippen LogP contribution in [0.1, 0.15) is 37.7 Å².